The maximum absolute atomic E-state index is 11.4. The molecular formula is C12H15NO4. The van der Waals surface area contributed by atoms with E-state index >= 15 is 0 Å². The van der Waals surface area contributed by atoms with E-state index in [-0.39, 0.29) is 0 Å². The van der Waals surface area contributed by atoms with Crippen molar-refractivity contribution in [3.63, 3.8) is 0 Å². The van der Waals surface area contributed by atoms with E-state index in [1.54, 1.807) is 12.1 Å². The molecule has 1 unspecified atom stereocenters. The van der Waals surface area contributed by atoms with E-state index in [1.165, 1.54) is 13.8 Å². The molecule has 5 nitrogen and oxygen atoms in total. The molecule has 0 fully saturated rings. The van der Waals surface area contributed by atoms with Crippen LogP contribution in [0.2, 0.25) is 0 Å². The molecular weight excluding hydrogens is 222 g/mol. The summed E-state index contributed by atoms with van der Waals surface area (Å²) in [5.41, 5.74) is 1.65. The SMILES string of the molecule is CC(=O)OC(C)OC(=O)Nc1cccc(C)c1. The Morgan fingerprint density at radius 2 is 2.00 bits per heavy atom. The van der Waals surface area contributed by atoms with Crippen LogP contribution in [0, 0.1) is 6.92 Å². The first-order chi connectivity index (χ1) is 7.97. The molecule has 1 aromatic rings. The molecule has 0 saturated heterocycles. The van der Waals surface area contributed by atoms with Gasteiger partial charge in [0.05, 0.1) is 0 Å². The second-order valence-electron chi connectivity index (χ2n) is 3.58. The van der Waals surface area contributed by atoms with Crippen molar-refractivity contribution >= 4 is 17.7 Å². The van der Waals surface area contributed by atoms with Crippen LogP contribution in [0.1, 0.15) is 19.4 Å². The van der Waals surface area contributed by atoms with E-state index in [2.05, 4.69) is 10.1 Å². The maximum Gasteiger partial charge on any atom is 0.414 e. The minimum absolute atomic E-state index is 0.499. The van der Waals surface area contributed by atoms with Gasteiger partial charge in [0.25, 0.3) is 0 Å². The Balaban J connectivity index is 2.47. The molecule has 0 heterocycles. The molecule has 0 aliphatic heterocycles. The lowest BCUT2D eigenvalue weighted by molar-refractivity contribution is -0.161. The van der Waals surface area contributed by atoms with Crippen LogP contribution in [-0.2, 0) is 14.3 Å². The van der Waals surface area contributed by atoms with Crippen molar-refractivity contribution in [1.29, 1.82) is 0 Å². The van der Waals surface area contributed by atoms with Crippen LogP contribution in [0.15, 0.2) is 24.3 Å². The summed E-state index contributed by atoms with van der Waals surface area (Å²) in [5.74, 6) is -0.499. The average Bonchev–Trinajstić information content (AvgIpc) is 2.14. The summed E-state index contributed by atoms with van der Waals surface area (Å²) in [6.45, 7) is 4.63. The van der Waals surface area contributed by atoms with Crippen molar-refractivity contribution < 1.29 is 19.1 Å². The van der Waals surface area contributed by atoms with Gasteiger partial charge in [-0.1, -0.05) is 12.1 Å². The molecule has 0 aliphatic rings. The van der Waals surface area contributed by atoms with Crippen molar-refractivity contribution in [2.45, 2.75) is 27.1 Å². The van der Waals surface area contributed by atoms with Crippen molar-refractivity contribution in [2.75, 3.05) is 5.32 Å². The third-order valence-electron chi connectivity index (χ3n) is 1.87. The normalized spacial score (nSPS) is 11.5. The fraction of sp³-hybridized carbons (Fsp3) is 0.333. The largest absolute Gasteiger partial charge is 0.426 e. The lowest BCUT2D eigenvalue weighted by Crippen LogP contribution is -2.23. The van der Waals surface area contributed by atoms with Crippen LogP contribution in [0.5, 0.6) is 0 Å². The predicted molar refractivity (Wildman–Crippen MR) is 62.5 cm³/mol. The van der Waals surface area contributed by atoms with Crippen LogP contribution in [-0.4, -0.2) is 18.4 Å². The van der Waals surface area contributed by atoms with Gasteiger partial charge >= 0.3 is 12.1 Å². The highest BCUT2D eigenvalue weighted by atomic mass is 16.7. The van der Waals surface area contributed by atoms with Crippen LogP contribution < -0.4 is 5.32 Å². The van der Waals surface area contributed by atoms with Gasteiger partial charge in [0, 0.05) is 19.5 Å². The predicted octanol–water partition coefficient (Wildman–Crippen LogP) is 2.45. The molecule has 1 N–H and O–H groups in total. The molecule has 1 aromatic carbocycles. The highest BCUT2D eigenvalue weighted by molar-refractivity contribution is 5.84. The van der Waals surface area contributed by atoms with Gasteiger partial charge in [-0.25, -0.2) is 4.79 Å². The fourth-order valence-corrected chi connectivity index (χ4v) is 1.28. The number of esters is 1. The van der Waals surface area contributed by atoms with Gasteiger partial charge in [-0.3, -0.25) is 10.1 Å². The summed E-state index contributed by atoms with van der Waals surface area (Å²) >= 11 is 0. The number of hydrogen-bond acceptors (Lipinski definition) is 4. The van der Waals surface area contributed by atoms with E-state index in [4.69, 9.17) is 4.74 Å². The molecule has 92 valence electrons. The monoisotopic (exact) mass is 237 g/mol. The molecule has 0 saturated carbocycles. The first-order valence-corrected chi connectivity index (χ1v) is 5.19. The van der Waals surface area contributed by atoms with Crippen LogP contribution >= 0.6 is 0 Å². The Labute approximate surface area is 99.7 Å². The standard InChI is InChI=1S/C12H15NO4/c1-8-5-4-6-11(7-8)13-12(15)17-10(3)16-9(2)14/h4-7,10H,1-3H3,(H,13,15). The van der Waals surface area contributed by atoms with Crippen molar-refractivity contribution in [3.8, 4) is 0 Å². The molecule has 1 rings (SSSR count). The second-order valence-corrected chi connectivity index (χ2v) is 3.58. The first kappa shape index (κ1) is 13.0. The number of ether oxygens (including phenoxy) is 2. The molecule has 5 heteroatoms. The van der Waals surface area contributed by atoms with E-state index < -0.39 is 18.4 Å². The summed E-state index contributed by atoms with van der Waals surface area (Å²) in [6, 6.07) is 7.28. The number of benzene rings is 1. The van der Waals surface area contributed by atoms with Crippen LogP contribution in [0.3, 0.4) is 0 Å². The van der Waals surface area contributed by atoms with Crippen LogP contribution in [0.25, 0.3) is 0 Å². The van der Waals surface area contributed by atoms with Crippen molar-refractivity contribution in [3.05, 3.63) is 29.8 Å². The number of aryl methyl sites for hydroxylation is 1. The van der Waals surface area contributed by atoms with Gasteiger partial charge in [0.15, 0.2) is 0 Å². The van der Waals surface area contributed by atoms with Crippen molar-refractivity contribution in [2.24, 2.45) is 0 Å². The van der Waals surface area contributed by atoms with Gasteiger partial charge < -0.3 is 9.47 Å². The summed E-state index contributed by atoms with van der Waals surface area (Å²) in [6.07, 6.45) is -1.57. The average molecular weight is 237 g/mol. The van der Waals surface area contributed by atoms with Crippen LogP contribution in [0.4, 0.5) is 10.5 Å². The number of anilines is 1. The molecule has 0 spiro atoms. The minimum atomic E-state index is -0.905. The topological polar surface area (TPSA) is 64.6 Å². The zero-order chi connectivity index (χ0) is 12.8. The lowest BCUT2D eigenvalue weighted by atomic mass is 10.2. The zero-order valence-electron chi connectivity index (χ0n) is 10.0. The number of nitrogens with one attached hydrogen (secondary N) is 1. The quantitative estimate of drug-likeness (QED) is 0.647. The maximum atomic E-state index is 11.4. The third-order valence-corrected chi connectivity index (χ3v) is 1.87. The molecule has 0 aliphatic carbocycles. The second kappa shape index (κ2) is 5.89. The summed E-state index contributed by atoms with van der Waals surface area (Å²) < 4.78 is 9.47. The number of hydrogen-bond donors (Lipinski definition) is 1. The Morgan fingerprint density at radius 1 is 1.29 bits per heavy atom. The van der Waals surface area contributed by atoms with Gasteiger partial charge in [0.2, 0.25) is 6.29 Å². The number of carbonyl (C=O) groups excluding carboxylic acids is 2. The Hall–Kier alpha value is -2.04. The van der Waals surface area contributed by atoms with E-state index in [0.717, 1.165) is 5.56 Å². The summed E-state index contributed by atoms with van der Waals surface area (Å²) in [4.78, 5) is 22.0. The molecule has 0 bridgehead atoms. The Bertz CT molecular complexity index is 417. The van der Waals surface area contributed by atoms with E-state index in [1.807, 2.05) is 19.1 Å². The molecule has 1 atom stereocenters. The number of amides is 1. The highest BCUT2D eigenvalue weighted by Gasteiger charge is 2.11. The highest BCUT2D eigenvalue weighted by Crippen LogP contribution is 2.10. The van der Waals surface area contributed by atoms with Gasteiger partial charge in [0.1, 0.15) is 0 Å². The summed E-state index contributed by atoms with van der Waals surface area (Å²) in [5, 5.41) is 2.53. The number of rotatable bonds is 3. The zero-order valence-corrected chi connectivity index (χ0v) is 10.0. The van der Waals surface area contributed by atoms with Gasteiger partial charge in [-0.2, -0.15) is 0 Å². The minimum Gasteiger partial charge on any atom is -0.426 e. The van der Waals surface area contributed by atoms with E-state index in [0.29, 0.717) is 5.69 Å². The molecule has 0 radical (unpaired) electrons. The molecule has 17 heavy (non-hydrogen) atoms. The summed E-state index contributed by atoms with van der Waals surface area (Å²) in [7, 11) is 0. The smallest absolute Gasteiger partial charge is 0.414 e. The van der Waals surface area contributed by atoms with Crippen molar-refractivity contribution in [1.82, 2.24) is 0 Å². The lowest BCUT2D eigenvalue weighted by Gasteiger charge is -2.13. The molecule has 1 amide bonds. The van der Waals surface area contributed by atoms with Gasteiger partial charge in [-0.05, 0) is 24.6 Å². The van der Waals surface area contributed by atoms with E-state index in [9.17, 15) is 9.59 Å². The Kier molecular flexibility index (Phi) is 4.51. The first-order valence-electron chi connectivity index (χ1n) is 5.19. The third kappa shape index (κ3) is 5.01. The Morgan fingerprint density at radius 3 is 2.59 bits per heavy atom. The molecule has 0 aromatic heterocycles. The van der Waals surface area contributed by atoms with Gasteiger partial charge in [-0.15, -0.1) is 0 Å². The number of carbonyl (C=O) groups is 2. The fourth-order valence-electron chi connectivity index (χ4n) is 1.28.